The van der Waals surface area contributed by atoms with Crippen LogP contribution in [0.3, 0.4) is 0 Å². The zero-order chi connectivity index (χ0) is 21.1. The van der Waals surface area contributed by atoms with Gasteiger partial charge in [-0.25, -0.2) is 0 Å². The van der Waals surface area contributed by atoms with E-state index in [1.165, 1.54) is 0 Å². The summed E-state index contributed by atoms with van der Waals surface area (Å²) < 4.78 is 13.3. The minimum atomic E-state index is -1.97. The van der Waals surface area contributed by atoms with Crippen molar-refractivity contribution in [3.05, 3.63) is 23.8 Å². The second-order valence-corrected chi connectivity index (χ2v) is 19.9. The normalized spacial score (nSPS) is 13.9. The molecule has 0 aliphatic heterocycles. The Morgan fingerprint density at radius 1 is 0.852 bits per heavy atom. The Labute approximate surface area is 169 Å². The van der Waals surface area contributed by atoms with Gasteiger partial charge in [-0.2, -0.15) is 0 Å². The molecule has 0 aliphatic carbocycles. The van der Waals surface area contributed by atoms with Crippen LogP contribution in [-0.4, -0.2) is 29.4 Å². The molecule has 1 aromatic carbocycles. The second-order valence-electron chi connectivity index (χ2n) is 10.5. The highest BCUT2D eigenvalue weighted by Gasteiger charge is 2.42. The lowest BCUT2D eigenvalue weighted by molar-refractivity contribution is 0.440. The van der Waals surface area contributed by atoms with Crippen LogP contribution in [0.2, 0.25) is 36.3 Å². The van der Waals surface area contributed by atoms with Gasteiger partial charge in [0, 0.05) is 12.8 Å². The number of hydrogen-bond acceptors (Lipinski definition) is 3. The average Bonchev–Trinajstić information content (AvgIpc) is 2.47. The molecule has 0 fully saturated rings. The van der Waals surface area contributed by atoms with Crippen molar-refractivity contribution >= 4 is 22.8 Å². The van der Waals surface area contributed by atoms with E-state index in [-0.39, 0.29) is 10.1 Å². The summed E-state index contributed by atoms with van der Waals surface area (Å²) in [5, 5.41) is 0.274. The Kier molecular flexibility index (Phi) is 7.56. The van der Waals surface area contributed by atoms with Gasteiger partial charge in [0.1, 0.15) is 11.5 Å². The fourth-order valence-corrected chi connectivity index (χ4v) is 3.96. The molecule has 0 heterocycles. The maximum atomic E-state index is 6.68. The van der Waals surface area contributed by atoms with Crippen LogP contribution in [0.4, 0.5) is 0 Å². The highest BCUT2D eigenvalue weighted by molar-refractivity contribution is 6.75. The second kappa shape index (κ2) is 8.52. The van der Waals surface area contributed by atoms with Crippen LogP contribution in [0.5, 0.6) is 11.5 Å². The van der Waals surface area contributed by atoms with Gasteiger partial charge < -0.3 is 8.85 Å². The predicted molar refractivity (Wildman–Crippen MR) is 125 cm³/mol. The number of hydrogen-bond donors (Lipinski definition) is 0. The lowest BCUT2D eigenvalue weighted by Gasteiger charge is -2.39. The van der Waals surface area contributed by atoms with Gasteiger partial charge in [0.05, 0.1) is 0 Å². The minimum Gasteiger partial charge on any atom is -0.541 e. The van der Waals surface area contributed by atoms with Gasteiger partial charge in [0.2, 0.25) is 0 Å². The lowest BCUT2D eigenvalue weighted by Crippen LogP contribution is -2.45. The predicted octanol–water partition coefficient (Wildman–Crippen LogP) is 7.28. The molecule has 0 bridgehead atoms. The highest BCUT2D eigenvalue weighted by Crippen LogP contribution is 2.43. The Balaban J connectivity index is 3.33. The van der Waals surface area contributed by atoms with E-state index in [1.807, 2.05) is 6.21 Å². The van der Waals surface area contributed by atoms with Crippen molar-refractivity contribution in [2.24, 2.45) is 4.99 Å². The summed E-state index contributed by atoms with van der Waals surface area (Å²) in [4.78, 5) is 4.49. The third kappa shape index (κ3) is 6.49. The Bertz CT molecular complexity index is 653. The summed E-state index contributed by atoms with van der Waals surface area (Å²) >= 11 is 0. The monoisotopic (exact) mass is 407 g/mol. The fraction of sp³-hybridized carbons (Fsp3) is 0.682. The van der Waals surface area contributed by atoms with Crippen LogP contribution in [-0.2, 0) is 0 Å². The van der Waals surface area contributed by atoms with Gasteiger partial charge in [-0.15, -0.1) is 0 Å². The van der Waals surface area contributed by atoms with Crippen molar-refractivity contribution in [2.45, 2.75) is 91.2 Å². The quantitative estimate of drug-likeness (QED) is 0.351. The third-order valence-electron chi connectivity index (χ3n) is 5.90. The maximum absolute atomic E-state index is 6.68. The van der Waals surface area contributed by atoms with E-state index in [0.29, 0.717) is 0 Å². The van der Waals surface area contributed by atoms with Gasteiger partial charge >= 0.3 is 0 Å². The van der Waals surface area contributed by atoms with Gasteiger partial charge in [0.15, 0.2) is 0 Å². The van der Waals surface area contributed by atoms with Gasteiger partial charge in [0.25, 0.3) is 16.6 Å². The first-order valence-corrected chi connectivity index (χ1v) is 15.9. The Morgan fingerprint density at radius 2 is 1.33 bits per heavy atom. The number of aliphatic imine (C=N–C) groups is 1. The molecule has 5 heteroatoms. The van der Waals surface area contributed by atoms with Crippen molar-refractivity contribution in [1.29, 1.82) is 0 Å². The molecule has 0 aromatic heterocycles. The molecule has 27 heavy (non-hydrogen) atoms. The largest absolute Gasteiger partial charge is 0.541 e. The van der Waals surface area contributed by atoms with Crippen molar-refractivity contribution in [2.75, 3.05) is 6.54 Å². The third-order valence-corrected chi connectivity index (χ3v) is 14.6. The standard InChI is InChI=1S/C22H41NO2Si2/c1-12-15-23-17-18-13-14-19(24-26(8,9)21(2,3)4)20(16-18)25-27(10,11)22(5,6)7/h13-14,16-17H,12,15H2,1-11H3. The maximum Gasteiger partial charge on any atom is 0.250 e. The highest BCUT2D eigenvalue weighted by atomic mass is 28.4. The first-order valence-electron chi connectivity index (χ1n) is 10.1. The molecule has 3 nitrogen and oxygen atoms in total. The van der Waals surface area contributed by atoms with E-state index in [1.54, 1.807) is 0 Å². The van der Waals surface area contributed by atoms with Crippen molar-refractivity contribution in [3.8, 4) is 11.5 Å². The molecule has 0 radical (unpaired) electrons. The summed E-state index contributed by atoms with van der Waals surface area (Å²) in [6.07, 6.45) is 2.99. The molecule has 1 aromatic rings. The van der Waals surface area contributed by atoms with E-state index in [9.17, 15) is 0 Å². The van der Waals surface area contributed by atoms with Crippen LogP contribution >= 0.6 is 0 Å². The molecule has 1 rings (SSSR count). The van der Waals surface area contributed by atoms with Crippen LogP contribution in [0.25, 0.3) is 0 Å². The first-order chi connectivity index (χ1) is 12.1. The minimum absolute atomic E-state index is 0.132. The van der Waals surface area contributed by atoms with Crippen LogP contribution in [0.1, 0.15) is 60.5 Å². The van der Waals surface area contributed by atoms with E-state index >= 15 is 0 Å². The van der Waals surface area contributed by atoms with E-state index in [0.717, 1.165) is 30.0 Å². The summed E-state index contributed by atoms with van der Waals surface area (Å²) in [6, 6.07) is 6.25. The van der Waals surface area contributed by atoms with E-state index in [2.05, 4.69) is 97.8 Å². The van der Waals surface area contributed by atoms with Crippen molar-refractivity contribution in [3.63, 3.8) is 0 Å². The van der Waals surface area contributed by atoms with Crippen LogP contribution in [0.15, 0.2) is 23.2 Å². The molecule has 0 N–H and O–H groups in total. The number of rotatable bonds is 7. The molecule has 0 aliphatic rings. The zero-order valence-corrected chi connectivity index (χ0v) is 21.5. The van der Waals surface area contributed by atoms with Gasteiger partial charge in [-0.3, -0.25) is 4.99 Å². The van der Waals surface area contributed by atoms with Crippen molar-refractivity contribution < 1.29 is 8.85 Å². The smallest absolute Gasteiger partial charge is 0.250 e. The van der Waals surface area contributed by atoms with E-state index in [4.69, 9.17) is 8.85 Å². The Hall–Kier alpha value is -1.08. The Morgan fingerprint density at radius 3 is 1.78 bits per heavy atom. The zero-order valence-electron chi connectivity index (χ0n) is 19.5. The molecule has 0 spiro atoms. The summed E-state index contributed by atoms with van der Waals surface area (Å²) in [5.41, 5.74) is 1.07. The summed E-state index contributed by atoms with van der Waals surface area (Å²) in [6.45, 7) is 25.7. The lowest BCUT2D eigenvalue weighted by atomic mass is 10.2. The number of benzene rings is 1. The fourth-order valence-electron chi connectivity index (χ4n) is 1.92. The molecule has 154 valence electrons. The van der Waals surface area contributed by atoms with Crippen molar-refractivity contribution in [1.82, 2.24) is 0 Å². The summed E-state index contributed by atoms with van der Waals surface area (Å²) in [7, 11) is -3.91. The van der Waals surface area contributed by atoms with Gasteiger partial charge in [-0.1, -0.05) is 48.5 Å². The molecular weight excluding hydrogens is 366 g/mol. The van der Waals surface area contributed by atoms with E-state index < -0.39 is 16.6 Å². The SMILES string of the molecule is CCCN=Cc1ccc(O[Si](C)(C)C(C)(C)C)c(O[Si](C)(C)C(C)(C)C)c1. The molecule has 0 unspecified atom stereocenters. The topological polar surface area (TPSA) is 30.8 Å². The molecule has 0 saturated heterocycles. The molecule has 0 saturated carbocycles. The first kappa shape index (κ1) is 24.0. The van der Waals surface area contributed by atoms with Crippen LogP contribution < -0.4 is 8.85 Å². The molecule has 0 amide bonds. The molecular formula is C22H41NO2Si2. The summed E-state index contributed by atoms with van der Waals surface area (Å²) in [5.74, 6) is 1.74. The average molecular weight is 408 g/mol. The van der Waals surface area contributed by atoms with Crippen LogP contribution in [0, 0.1) is 0 Å². The van der Waals surface area contributed by atoms with Gasteiger partial charge in [-0.05, 0) is 66.4 Å². The molecule has 0 atom stereocenters. The number of nitrogens with zero attached hydrogens (tertiary/aromatic N) is 1.